The largest absolute Gasteiger partial charge is 0.423 e. The molecule has 0 atom stereocenters. The quantitative estimate of drug-likeness (QED) is 0.637. The standard InChI is InChI=1S/C14H14N2O/c1-9-4-6-11-10(8-9)5-7-12-13(11)17-14(15-12)16(2)3/h4-8H,1-3H3. The zero-order chi connectivity index (χ0) is 12.0. The molecule has 0 radical (unpaired) electrons. The Kier molecular flexibility index (Phi) is 2.08. The second-order valence-electron chi connectivity index (χ2n) is 4.53. The molecule has 0 amide bonds. The number of fused-ring (bicyclic) bond motifs is 3. The number of nitrogens with zero attached hydrogens (tertiary/aromatic N) is 2. The van der Waals surface area contributed by atoms with Gasteiger partial charge in [0.25, 0.3) is 6.01 Å². The summed E-state index contributed by atoms with van der Waals surface area (Å²) in [5, 5.41) is 2.31. The lowest BCUT2D eigenvalue weighted by molar-refractivity contribution is 0.599. The molecule has 1 aromatic heterocycles. The molecule has 3 heteroatoms. The average Bonchev–Trinajstić information content (AvgIpc) is 2.72. The highest BCUT2D eigenvalue weighted by Crippen LogP contribution is 2.28. The summed E-state index contributed by atoms with van der Waals surface area (Å²) in [4.78, 5) is 6.32. The van der Waals surface area contributed by atoms with Crippen molar-refractivity contribution in [3.05, 3.63) is 35.9 Å². The van der Waals surface area contributed by atoms with Crippen molar-refractivity contribution in [1.82, 2.24) is 4.98 Å². The minimum atomic E-state index is 0.646. The average molecular weight is 226 g/mol. The van der Waals surface area contributed by atoms with Crippen LogP contribution in [-0.2, 0) is 0 Å². The molecular formula is C14H14N2O. The lowest BCUT2D eigenvalue weighted by Crippen LogP contribution is -2.08. The molecule has 3 nitrogen and oxygen atoms in total. The second kappa shape index (κ2) is 3.48. The molecule has 2 aromatic carbocycles. The van der Waals surface area contributed by atoms with Crippen LogP contribution in [0.25, 0.3) is 21.9 Å². The Labute approximate surface area is 99.7 Å². The van der Waals surface area contributed by atoms with E-state index in [0.29, 0.717) is 6.01 Å². The monoisotopic (exact) mass is 226 g/mol. The maximum Gasteiger partial charge on any atom is 0.297 e. The molecular weight excluding hydrogens is 212 g/mol. The lowest BCUT2D eigenvalue weighted by atomic mass is 10.1. The summed E-state index contributed by atoms with van der Waals surface area (Å²) < 4.78 is 5.80. The first-order chi connectivity index (χ1) is 8.15. The van der Waals surface area contributed by atoms with Gasteiger partial charge in [-0.3, -0.25) is 0 Å². The van der Waals surface area contributed by atoms with Crippen LogP contribution in [-0.4, -0.2) is 19.1 Å². The normalized spacial score (nSPS) is 11.2. The third-order valence-corrected chi connectivity index (χ3v) is 2.90. The van der Waals surface area contributed by atoms with Crippen molar-refractivity contribution in [2.24, 2.45) is 0 Å². The van der Waals surface area contributed by atoms with Crippen LogP contribution in [0.3, 0.4) is 0 Å². The van der Waals surface area contributed by atoms with Crippen molar-refractivity contribution >= 4 is 27.9 Å². The number of oxazole rings is 1. The summed E-state index contributed by atoms with van der Waals surface area (Å²) in [5.74, 6) is 0. The predicted octanol–water partition coefficient (Wildman–Crippen LogP) is 3.36. The Morgan fingerprint density at radius 2 is 1.94 bits per heavy atom. The molecule has 0 unspecified atom stereocenters. The molecule has 0 aliphatic heterocycles. The van der Waals surface area contributed by atoms with Crippen LogP contribution in [0.2, 0.25) is 0 Å². The van der Waals surface area contributed by atoms with Crippen LogP contribution in [0.5, 0.6) is 0 Å². The highest BCUT2D eigenvalue weighted by molar-refractivity contribution is 6.03. The summed E-state index contributed by atoms with van der Waals surface area (Å²) in [6.45, 7) is 2.09. The molecule has 17 heavy (non-hydrogen) atoms. The number of hydrogen-bond acceptors (Lipinski definition) is 3. The third kappa shape index (κ3) is 1.55. The van der Waals surface area contributed by atoms with Gasteiger partial charge in [-0.1, -0.05) is 29.8 Å². The van der Waals surface area contributed by atoms with E-state index in [-0.39, 0.29) is 0 Å². The Hall–Kier alpha value is -2.03. The first-order valence-corrected chi connectivity index (χ1v) is 5.62. The fraction of sp³-hybridized carbons (Fsp3) is 0.214. The Morgan fingerprint density at radius 1 is 1.12 bits per heavy atom. The molecule has 0 N–H and O–H groups in total. The van der Waals surface area contributed by atoms with Gasteiger partial charge in [0.15, 0.2) is 5.58 Å². The predicted molar refractivity (Wildman–Crippen MR) is 70.6 cm³/mol. The minimum Gasteiger partial charge on any atom is -0.423 e. The van der Waals surface area contributed by atoms with E-state index in [1.165, 1.54) is 10.9 Å². The van der Waals surface area contributed by atoms with E-state index in [2.05, 4.69) is 36.2 Å². The number of hydrogen-bond donors (Lipinski definition) is 0. The van der Waals surface area contributed by atoms with Crippen LogP contribution in [0, 0.1) is 6.92 Å². The summed E-state index contributed by atoms with van der Waals surface area (Å²) >= 11 is 0. The van der Waals surface area contributed by atoms with Crippen molar-refractivity contribution in [2.45, 2.75) is 6.92 Å². The number of aryl methyl sites for hydroxylation is 1. The molecule has 3 rings (SSSR count). The first-order valence-electron chi connectivity index (χ1n) is 5.62. The second-order valence-corrected chi connectivity index (χ2v) is 4.53. The first kappa shape index (κ1) is 10.1. The van der Waals surface area contributed by atoms with Crippen molar-refractivity contribution in [3.63, 3.8) is 0 Å². The highest BCUT2D eigenvalue weighted by atomic mass is 16.4. The van der Waals surface area contributed by atoms with Gasteiger partial charge in [-0.2, -0.15) is 4.98 Å². The van der Waals surface area contributed by atoms with E-state index < -0.39 is 0 Å². The zero-order valence-corrected chi connectivity index (χ0v) is 10.2. The Morgan fingerprint density at radius 3 is 2.71 bits per heavy atom. The molecule has 0 aliphatic carbocycles. The molecule has 86 valence electrons. The van der Waals surface area contributed by atoms with E-state index in [0.717, 1.165) is 16.5 Å². The van der Waals surface area contributed by atoms with Gasteiger partial charge in [-0.25, -0.2) is 0 Å². The maximum atomic E-state index is 5.80. The smallest absolute Gasteiger partial charge is 0.297 e. The number of anilines is 1. The van der Waals surface area contributed by atoms with E-state index >= 15 is 0 Å². The third-order valence-electron chi connectivity index (χ3n) is 2.90. The Balaban J connectivity index is 2.38. The molecule has 0 spiro atoms. The summed E-state index contributed by atoms with van der Waals surface area (Å²) in [5.41, 5.74) is 3.03. The number of aromatic nitrogens is 1. The summed E-state index contributed by atoms with van der Waals surface area (Å²) in [7, 11) is 3.86. The van der Waals surface area contributed by atoms with Gasteiger partial charge in [0.05, 0.1) is 0 Å². The fourth-order valence-corrected chi connectivity index (χ4v) is 2.01. The summed E-state index contributed by atoms with van der Waals surface area (Å²) in [6.07, 6.45) is 0. The van der Waals surface area contributed by atoms with Crippen LogP contribution < -0.4 is 4.90 Å². The highest BCUT2D eigenvalue weighted by Gasteiger charge is 2.10. The van der Waals surface area contributed by atoms with Gasteiger partial charge in [0.1, 0.15) is 5.52 Å². The summed E-state index contributed by atoms with van der Waals surface area (Å²) in [6, 6.07) is 11.1. The van der Waals surface area contributed by atoms with E-state index in [9.17, 15) is 0 Å². The van der Waals surface area contributed by atoms with Crippen molar-refractivity contribution in [1.29, 1.82) is 0 Å². The lowest BCUT2D eigenvalue weighted by Gasteiger charge is -2.03. The van der Waals surface area contributed by atoms with Gasteiger partial charge < -0.3 is 9.32 Å². The van der Waals surface area contributed by atoms with E-state index in [4.69, 9.17) is 4.42 Å². The molecule has 0 saturated heterocycles. The fourth-order valence-electron chi connectivity index (χ4n) is 2.01. The van der Waals surface area contributed by atoms with Gasteiger partial charge in [-0.15, -0.1) is 0 Å². The van der Waals surface area contributed by atoms with Crippen molar-refractivity contribution in [2.75, 3.05) is 19.0 Å². The van der Waals surface area contributed by atoms with Gasteiger partial charge in [0.2, 0.25) is 0 Å². The molecule has 1 heterocycles. The van der Waals surface area contributed by atoms with E-state index in [1.807, 2.05) is 25.1 Å². The molecule has 0 fully saturated rings. The zero-order valence-electron chi connectivity index (χ0n) is 10.2. The van der Waals surface area contributed by atoms with Crippen LogP contribution >= 0.6 is 0 Å². The molecule has 0 saturated carbocycles. The number of rotatable bonds is 1. The Bertz CT molecular complexity index is 698. The van der Waals surface area contributed by atoms with Crippen LogP contribution in [0.1, 0.15) is 5.56 Å². The van der Waals surface area contributed by atoms with E-state index in [1.54, 1.807) is 0 Å². The topological polar surface area (TPSA) is 29.3 Å². The van der Waals surface area contributed by atoms with Crippen molar-refractivity contribution < 1.29 is 4.42 Å². The molecule has 0 aliphatic rings. The van der Waals surface area contributed by atoms with Crippen LogP contribution in [0.15, 0.2) is 34.7 Å². The SMILES string of the molecule is Cc1ccc2c(ccc3nc(N(C)C)oc32)c1. The maximum absolute atomic E-state index is 5.80. The van der Waals surface area contributed by atoms with Crippen LogP contribution in [0.4, 0.5) is 6.01 Å². The van der Waals surface area contributed by atoms with Crippen molar-refractivity contribution in [3.8, 4) is 0 Å². The van der Waals surface area contributed by atoms with Gasteiger partial charge in [-0.05, 0) is 18.4 Å². The molecule has 0 bridgehead atoms. The molecule has 3 aromatic rings. The minimum absolute atomic E-state index is 0.646. The van der Waals surface area contributed by atoms with Gasteiger partial charge in [0, 0.05) is 19.5 Å². The number of benzene rings is 2. The van der Waals surface area contributed by atoms with Gasteiger partial charge >= 0.3 is 0 Å².